The van der Waals surface area contributed by atoms with Gasteiger partial charge in [-0.1, -0.05) is 33.1 Å². The number of nitrogens with two attached hydrogens (primary N) is 1. The Hall–Kier alpha value is -0.320. The van der Waals surface area contributed by atoms with Crippen LogP contribution in [-0.2, 0) is 9.53 Å². The summed E-state index contributed by atoms with van der Waals surface area (Å²) in [5, 5.41) is 3.02. The first-order valence-corrected chi connectivity index (χ1v) is 6.96. The van der Waals surface area contributed by atoms with E-state index in [1.165, 1.54) is 6.42 Å². The highest BCUT2D eigenvalue weighted by Gasteiger charge is 2.35. The van der Waals surface area contributed by atoms with Crippen molar-refractivity contribution in [3.63, 3.8) is 0 Å². The maximum atomic E-state index is 12.2. The number of methoxy groups -OCH3 is 1. The van der Waals surface area contributed by atoms with Crippen molar-refractivity contribution in [3.8, 4) is 0 Å². The van der Waals surface area contributed by atoms with Gasteiger partial charge in [0.1, 0.15) is 0 Å². The zero-order chi connectivity index (χ0) is 13.6. The molecule has 0 spiro atoms. The lowest BCUT2D eigenvalue weighted by Gasteiger charge is -2.33. The van der Waals surface area contributed by atoms with Crippen LogP contribution < -0.4 is 11.1 Å². The molecule has 0 aromatic heterocycles. The number of amides is 1. The monoisotopic (exact) mass is 292 g/mol. The van der Waals surface area contributed by atoms with Crippen LogP contribution in [-0.4, -0.2) is 31.7 Å². The minimum atomic E-state index is -0.629. The lowest BCUT2D eigenvalue weighted by atomic mass is 9.81. The molecule has 1 fully saturated rings. The maximum Gasteiger partial charge on any atom is 0.240 e. The minimum Gasteiger partial charge on any atom is -0.385 e. The summed E-state index contributed by atoms with van der Waals surface area (Å²) in [6.45, 7) is 5.65. The van der Waals surface area contributed by atoms with Crippen molar-refractivity contribution < 1.29 is 9.53 Å². The van der Waals surface area contributed by atoms with Gasteiger partial charge in [-0.3, -0.25) is 4.79 Å². The Morgan fingerprint density at radius 2 is 1.89 bits per heavy atom. The van der Waals surface area contributed by atoms with Gasteiger partial charge in [-0.15, -0.1) is 12.4 Å². The number of rotatable bonds is 6. The van der Waals surface area contributed by atoms with Crippen molar-refractivity contribution in [2.75, 3.05) is 20.3 Å². The Morgan fingerprint density at radius 1 is 1.32 bits per heavy atom. The predicted octanol–water partition coefficient (Wildman–Crippen LogP) is 2.25. The molecule has 0 radical (unpaired) electrons. The van der Waals surface area contributed by atoms with Crippen LogP contribution in [0.5, 0.6) is 0 Å². The number of nitrogens with one attached hydrogen (secondary N) is 1. The van der Waals surface area contributed by atoms with Crippen LogP contribution in [0.3, 0.4) is 0 Å². The second-order valence-corrected chi connectivity index (χ2v) is 6.31. The standard InChI is InChI=1S/C14H28N2O2.ClH/c1-13(2,9-10-18-3)11-16-12(17)14(15)7-5-4-6-8-14;/h4-11,15H2,1-3H3,(H,16,17);1H. The number of halogens is 1. The molecule has 0 aromatic rings. The molecule has 0 aromatic carbocycles. The van der Waals surface area contributed by atoms with Gasteiger partial charge in [0.15, 0.2) is 0 Å². The number of carbonyl (C=O) groups is 1. The highest BCUT2D eigenvalue weighted by Crippen LogP contribution is 2.26. The predicted molar refractivity (Wildman–Crippen MR) is 80.5 cm³/mol. The van der Waals surface area contributed by atoms with E-state index < -0.39 is 5.54 Å². The Morgan fingerprint density at radius 3 is 2.42 bits per heavy atom. The summed E-state index contributed by atoms with van der Waals surface area (Å²) in [4.78, 5) is 12.2. The molecule has 19 heavy (non-hydrogen) atoms. The molecule has 4 nitrogen and oxygen atoms in total. The zero-order valence-electron chi connectivity index (χ0n) is 12.5. The molecular formula is C14H29ClN2O2. The van der Waals surface area contributed by atoms with E-state index in [0.717, 1.165) is 38.7 Å². The van der Waals surface area contributed by atoms with Crippen LogP contribution >= 0.6 is 12.4 Å². The van der Waals surface area contributed by atoms with Crippen molar-refractivity contribution >= 4 is 18.3 Å². The normalized spacial score (nSPS) is 18.5. The average Bonchev–Trinajstić information content (AvgIpc) is 2.34. The minimum absolute atomic E-state index is 0. The molecule has 0 atom stereocenters. The molecule has 0 bridgehead atoms. The van der Waals surface area contributed by atoms with Crippen LogP contribution in [0.25, 0.3) is 0 Å². The first-order chi connectivity index (χ1) is 8.40. The van der Waals surface area contributed by atoms with Crippen LogP contribution in [0.15, 0.2) is 0 Å². The lowest BCUT2D eigenvalue weighted by molar-refractivity contribution is -0.128. The van der Waals surface area contributed by atoms with E-state index in [4.69, 9.17) is 10.5 Å². The molecule has 1 aliphatic rings. The van der Waals surface area contributed by atoms with Crippen molar-refractivity contribution in [2.45, 2.75) is 57.9 Å². The summed E-state index contributed by atoms with van der Waals surface area (Å²) >= 11 is 0. The van der Waals surface area contributed by atoms with Crippen molar-refractivity contribution in [1.29, 1.82) is 0 Å². The van der Waals surface area contributed by atoms with E-state index in [-0.39, 0.29) is 23.7 Å². The quantitative estimate of drug-likeness (QED) is 0.789. The van der Waals surface area contributed by atoms with Gasteiger partial charge in [0.05, 0.1) is 5.54 Å². The van der Waals surface area contributed by atoms with Crippen LogP contribution in [0.2, 0.25) is 0 Å². The van der Waals surface area contributed by atoms with E-state index in [1.54, 1.807) is 7.11 Å². The molecule has 1 rings (SSSR count). The number of hydrogen-bond acceptors (Lipinski definition) is 3. The molecule has 0 aliphatic heterocycles. The van der Waals surface area contributed by atoms with Gasteiger partial charge in [0.25, 0.3) is 0 Å². The first-order valence-electron chi connectivity index (χ1n) is 6.96. The van der Waals surface area contributed by atoms with Crippen LogP contribution in [0.1, 0.15) is 52.4 Å². The summed E-state index contributed by atoms with van der Waals surface area (Å²) in [7, 11) is 1.70. The van der Waals surface area contributed by atoms with Crippen molar-refractivity contribution in [2.24, 2.45) is 11.1 Å². The topological polar surface area (TPSA) is 64.3 Å². The first kappa shape index (κ1) is 18.7. The fourth-order valence-electron chi connectivity index (χ4n) is 2.37. The number of hydrogen-bond donors (Lipinski definition) is 2. The molecule has 1 saturated carbocycles. The van der Waals surface area contributed by atoms with Gasteiger partial charge in [-0.05, 0) is 24.7 Å². The zero-order valence-corrected chi connectivity index (χ0v) is 13.3. The summed E-state index contributed by atoms with van der Waals surface area (Å²) in [6, 6.07) is 0. The van der Waals surface area contributed by atoms with E-state index in [1.807, 2.05) is 0 Å². The third-order valence-corrected chi connectivity index (χ3v) is 3.91. The Balaban J connectivity index is 0.00000324. The molecule has 0 heterocycles. The Bertz CT molecular complexity index is 277. The van der Waals surface area contributed by atoms with Gasteiger partial charge in [0, 0.05) is 20.3 Å². The molecular weight excluding hydrogens is 264 g/mol. The highest BCUT2D eigenvalue weighted by molar-refractivity contribution is 5.86. The molecule has 1 aliphatic carbocycles. The van der Waals surface area contributed by atoms with Gasteiger partial charge in [-0.2, -0.15) is 0 Å². The van der Waals surface area contributed by atoms with E-state index in [0.29, 0.717) is 6.54 Å². The van der Waals surface area contributed by atoms with Gasteiger partial charge in [-0.25, -0.2) is 0 Å². The van der Waals surface area contributed by atoms with Crippen molar-refractivity contribution in [1.82, 2.24) is 5.32 Å². The molecule has 1 amide bonds. The SMILES string of the molecule is COCCC(C)(C)CNC(=O)C1(N)CCCCC1.Cl. The summed E-state index contributed by atoms with van der Waals surface area (Å²) < 4.78 is 5.08. The van der Waals surface area contributed by atoms with E-state index >= 15 is 0 Å². The van der Waals surface area contributed by atoms with Crippen LogP contribution in [0, 0.1) is 5.41 Å². The third-order valence-electron chi connectivity index (χ3n) is 3.91. The molecule has 5 heteroatoms. The molecule has 114 valence electrons. The summed E-state index contributed by atoms with van der Waals surface area (Å²) in [6.07, 6.45) is 5.90. The molecule has 0 unspecified atom stereocenters. The highest BCUT2D eigenvalue weighted by atomic mass is 35.5. The molecule has 3 N–H and O–H groups in total. The number of ether oxygens (including phenoxy) is 1. The largest absolute Gasteiger partial charge is 0.385 e. The fourth-order valence-corrected chi connectivity index (χ4v) is 2.37. The van der Waals surface area contributed by atoms with Gasteiger partial charge < -0.3 is 15.8 Å². The third kappa shape index (κ3) is 6.11. The summed E-state index contributed by atoms with van der Waals surface area (Å²) in [5.74, 6) is 0.0210. The lowest BCUT2D eigenvalue weighted by Crippen LogP contribution is -2.56. The Kier molecular flexibility index (Phi) is 7.94. The summed E-state index contributed by atoms with van der Waals surface area (Å²) in [5.41, 5.74) is 5.62. The van der Waals surface area contributed by atoms with Crippen LogP contribution in [0.4, 0.5) is 0 Å². The Labute approximate surface area is 123 Å². The van der Waals surface area contributed by atoms with Gasteiger partial charge in [0.2, 0.25) is 5.91 Å². The fraction of sp³-hybridized carbons (Fsp3) is 0.929. The second kappa shape index (κ2) is 8.08. The second-order valence-electron chi connectivity index (χ2n) is 6.31. The average molecular weight is 293 g/mol. The molecule has 0 saturated heterocycles. The smallest absolute Gasteiger partial charge is 0.240 e. The van der Waals surface area contributed by atoms with Crippen molar-refractivity contribution in [3.05, 3.63) is 0 Å². The maximum absolute atomic E-state index is 12.2. The van der Waals surface area contributed by atoms with E-state index in [9.17, 15) is 4.79 Å². The van der Waals surface area contributed by atoms with E-state index in [2.05, 4.69) is 19.2 Å². The van der Waals surface area contributed by atoms with Gasteiger partial charge >= 0.3 is 0 Å². The number of carbonyl (C=O) groups excluding carboxylic acids is 1.